The fourth-order valence-electron chi connectivity index (χ4n) is 2.27. The van der Waals surface area contributed by atoms with Crippen LogP contribution in [0.1, 0.15) is 24.3 Å². The summed E-state index contributed by atoms with van der Waals surface area (Å²) in [6, 6.07) is 7.80. The number of benzene rings is 1. The van der Waals surface area contributed by atoms with E-state index in [2.05, 4.69) is 0 Å². The van der Waals surface area contributed by atoms with Crippen molar-refractivity contribution in [2.75, 3.05) is 0 Å². The zero-order valence-electron chi connectivity index (χ0n) is 7.69. The van der Waals surface area contributed by atoms with Gasteiger partial charge in [0, 0.05) is 17.1 Å². The van der Waals surface area contributed by atoms with E-state index in [0.717, 1.165) is 29.7 Å². The van der Waals surface area contributed by atoms with Crippen molar-refractivity contribution in [3.05, 3.63) is 41.5 Å². The van der Waals surface area contributed by atoms with Gasteiger partial charge < -0.3 is 4.74 Å². The zero-order chi connectivity index (χ0) is 9.54. The second kappa shape index (κ2) is 2.71. The molecule has 0 aromatic heterocycles. The lowest BCUT2D eigenvalue weighted by Gasteiger charge is -2.23. The van der Waals surface area contributed by atoms with Crippen LogP contribution in [0.4, 0.5) is 0 Å². The SMILES string of the molecule is O=C1Oc2ccccc2C2CCC=C12. The van der Waals surface area contributed by atoms with Crippen molar-refractivity contribution in [2.24, 2.45) is 0 Å². The van der Waals surface area contributed by atoms with Gasteiger partial charge in [-0.05, 0) is 18.9 Å². The van der Waals surface area contributed by atoms with Gasteiger partial charge in [-0.25, -0.2) is 4.79 Å². The van der Waals surface area contributed by atoms with Crippen LogP contribution in [0.3, 0.4) is 0 Å². The Hall–Kier alpha value is -1.57. The summed E-state index contributed by atoms with van der Waals surface area (Å²) in [4.78, 5) is 11.5. The third-order valence-corrected chi connectivity index (χ3v) is 2.93. The number of carbonyl (C=O) groups excluding carboxylic acids is 1. The van der Waals surface area contributed by atoms with Gasteiger partial charge in [0.25, 0.3) is 0 Å². The second-order valence-corrected chi connectivity index (χ2v) is 3.72. The first kappa shape index (κ1) is 7.80. The van der Waals surface area contributed by atoms with Crippen LogP contribution in [-0.4, -0.2) is 5.97 Å². The van der Waals surface area contributed by atoms with Gasteiger partial charge in [0.15, 0.2) is 0 Å². The lowest BCUT2D eigenvalue weighted by molar-refractivity contribution is -0.131. The Kier molecular flexibility index (Phi) is 1.51. The van der Waals surface area contributed by atoms with E-state index in [4.69, 9.17) is 4.74 Å². The Morgan fingerprint density at radius 1 is 1.29 bits per heavy atom. The number of hydrogen-bond donors (Lipinski definition) is 0. The fraction of sp³-hybridized carbons (Fsp3) is 0.250. The quantitative estimate of drug-likeness (QED) is 0.459. The molecule has 0 saturated heterocycles. The normalized spacial score (nSPS) is 23.6. The lowest BCUT2D eigenvalue weighted by Crippen LogP contribution is -2.21. The predicted octanol–water partition coefficient (Wildman–Crippen LogP) is 2.41. The number of fused-ring (bicyclic) bond motifs is 3. The number of allylic oxidation sites excluding steroid dienone is 1. The summed E-state index contributed by atoms with van der Waals surface area (Å²) in [6.07, 6.45) is 4.04. The Morgan fingerprint density at radius 3 is 3.07 bits per heavy atom. The van der Waals surface area contributed by atoms with Crippen LogP contribution in [-0.2, 0) is 4.79 Å². The molecule has 70 valence electrons. The third-order valence-electron chi connectivity index (χ3n) is 2.93. The molecule has 1 aliphatic carbocycles. The van der Waals surface area contributed by atoms with E-state index < -0.39 is 0 Å². The molecule has 0 spiro atoms. The van der Waals surface area contributed by atoms with Crippen molar-refractivity contribution < 1.29 is 9.53 Å². The highest BCUT2D eigenvalue weighted by atomic mass is 16.5. The molecule has 2 nitrogen and oxygen atoms in total. The van der Waals surface area contributed by atoms with Gasteiger partial charge in [-0.1, -0.05) is 24.3 Å². The van der Waals surface area contributed by atoms with Gasteiger partial charge in [0.05, 0.1) is 0 Å². The molecule has 1 unspecified atom stereocenters. The highest BCUT2D eigenvalue weighted by molar-refractivity contribution is 5.94. The monoisotopic (exact) mass is 186 g/mol. The highest BCUT2D eigenvalue weighted by Crippen LogP contribution is 2.43. The minimum atomic E-state index is -0.161. The molecule has 2 aliphatic rings. The number of rotatable bonds is 0. The van der Waals surface area contributed by atoms with Gasteiger partial charge in [0.2, 0.25) is 0 Å². The summed E-state index contributed by atoms with van der Waals surface area (Å²) in [6.45, 7) is 0. The van der Waals surface area contributed by atoms with Gasteiger partial charge in [0.1, 0.15) is 5.75 Å². The topological polar surface area (TPSA) is 26.3 Å². The smallest absolute Gasteiger partial charge is 0.339 e. The Labute approximate surface area is 82.2 Å². The summed E-state index contributed by atoms with van der Waals surface area (Å²) >= 11 is 0. The van der Waals surface area contributed by atoms with Crippen molar-refractivity contribution in [1.82, 2.24) is 0 Å². The summed E-state index contributed by atoms with van der Waals surface area (Å²) in [5.41, 5.74) is 2.01. The number of ether oxygens (including phenoxy) is 1. The van der Waals surface area contributed by atoms with Gasteiger partial charge in [-0.2, -0.15) is 0 Å². The van der Waals surface area contributed by atoms with Crippen LogP contribution in [0.25, 0.3) is 0 Å². The molecule has 1 aromatic carbocycles. The summed E-state index contributed by atoms with van der Waals surface area (Å²) in [7, 11) is 0. The van der Waals surface area contributed by atoms with Crippen molar-refractivity contribution in [2.45, 2.75) is 18.8 Å². The predicted molar refractivity (Wildman–Crippen MR) is 52.1 cm³/mol. The summed E-state index contributed by atoms with van der Waals surface area (Å²) < 4.78 is 5.24. The van der Waals surface area contributed by atoms with Gasteiger partial charge in [-0.3, -0.25) is 0 Å². The van der Waals surface area contributed by atoms with Crippen LogP contribution in [0.5, 0.6) is 5.75 Å². The number of esters is 1. The van der Waals surface area contributed by atoms with E-state index in [0.29, 0.717) is 0 Å². The van der Waals surface area contributed by atoms with Crippen LogP contribution >= 0.6 is 0 Å². The highest BCUT2D eigenvalue weighted by Gasteiger charge is 2.34. The number of carbonyl (C=O) groups is 1. The number of hydrogen-bond acceptors (Lipinski definition) is 2. The molecule has 0 saturated carbocycles. The molecule has 1 aliphatic heterocycles. The first-order valence-corrected chi connectivity index (χ1v) is 4.87. The molecule has 14 heavy (non-hydrogen) atoms. The molecule has 0 radical (unpaired) electrons. The molecule has 2 heteroatoms. The van der Waals surface area contributed by atoms with Gasteiger partial charge >= 0.3 is 5.97 Å². The molecular formula is C12H10O2. The zero-order valence-corrected chi connectivity index (χ0v) is 7.69. The van der Waals surface area contributed by atoms with Crippen molar-refractivity contribution in [1.29, 1.82) is 0 Å². The molecule has 1 heterocycles. The average Bonchev–Trinajstić information content (AvgIpc) is 2.67. The average molecular weight is 186 g/mol. The Morgan fingerprint density at radius 2 is 2.14 bits per heavy atom. The van der Waals surface area contributed by atoms with E-state index in [-0.39, 0.29) is 11.9 Å². The van der Waals surface area contributed by atoms with Crippen LogP contribution in [0.2, 0.25) is 0 Å². The summed E-state index contributed by atoms with van der Waals surface area (Å²) in [5, 5.41) is 0. The van der Waals surface area contributed by atoms with Crippen molar-refractivity contribution >= 4 is 5.97 Å². The standard InChI is InChI=1S/C12H10O2/c13-12-10-6-3-5-8(10)9-4-1-2-7-11(9)14-12/h1-2,4,6-8H,3,5H2. The van der Waals surface area contributed by atoms with E-state index in [9.17, 15) is 4.79 Å². The van der Waals surface area contributed by atoms with E-state index in [1.54, 1.807) is 0 Å². The van der Waals surface area contributed by atoms with Crippen molar-refractivity contribution in [3.8, 4) is 5.75 Å². The largest absolute Gasteiger partial charge is 0.423 e. The van der Waals surface area contributed by atoms with Crippen LogP contribution in [0, 0.1) is 0 Å². The second-order valence-electron chi connectivity index (χ2n) is 3.72. The lowest BCUT2D eigenvalue weighted by atomic mass is 9.90. The maximum Gasteiger partial charge on any atom is 0.339 e. The fourth-order valence-corrected chi connectivity index (χ4v) is 2.27. The van der Waals surface area contributed by atoms with Crippen LogP contribution < -0.4 is 4.74 Å². The molecule has 0 amide bonds. The number of para-hydroxylation sites is 1. The molecule has 0 bridgehead atoms. The Bertz CT molecular complexity index is 432. The third kappa shape index (κ3) is 0.939. The van der Waals surface area contributed by atoms with Crippen LogP contribution in [0.15, 0.2) is 35.9 Å². The molecule has 0 fully saturated rings. The minimum Gasteiger partial charge on any atom is -0.423 e. The van der Waals surface area contributed by atoms with Crippen molar-refractivity contribution in [3.63, 3.8) is 0 Å². The molecular weight excluding hydrogens is 176 g/mol. The first-order valence-electron chi connectivity index (χ1n) is 4.87. The Balaban J connectivity index is 2.18. The maximum atomic E-state index is 11.5. The van der Waals surface area contributed by atoms with E-state index in [1.165, 1.54) is 0 Å². The maximum absolute atomic E-state index is 11.5. The molecule has 3 rings (SSSR count). The van der Waals surface area contributed by atoms with Gasteiger partial charge in [-0.15, -0.1) is 0 Å². The van der Waals surface area contributed by atoms with E-state index >= 15 is 0 Å². The molecule has 0 N–H and O–H groups in total. The summed E-state index contributed by atoms with van der Waals surface area (Å²) in [5.74, 6) is 0.861. The van der Waals surface area contributed by atoms with E-state index in [1.807, 2.05) is 30.3 Å². The molecule has 1 aromatic rings. The first-order chi connectivity index (χ1) is 6.86. The minimum absolute atomic E-state index is 0.161. The molecule has 1 atom stereocenters.